The number of carbonyl (C=O) groups is 4. The van der Waals surface area contributed by atoms with Crippen LogP contribution in [0.5, 0.6) is 17.2 Å². The van der Waals surface area contributed by atoms with E-state index >= 15 is 0 Å². The second kappa shape index (κ2) is 13.8. The Hall–Kier alpha value is -6.95. The number of carbonyl (C=O) groups excluding carboxylic acids is 4. The van der Waals surface area contributed by atoms with Gasteiger partial charge in [0.15, 0.2) is 13.2 Å². The molecular weight excluding hydrogens is 626 g/mol. The smallest absolute Gasteiger partial charge is 0.263 e. The van der Waals surface area contributed by atoms with Gasteiger partial charge in [-0.2, -0.15) is 0 Å². The number of aromatic hydroxyl groups is 1. The fourth-order valence-electron chi connectivity index (χ4n) is 5.38. The second-order valence-electron chi connectivity index (χ2n) is 10.9. The summed E-state index contributed by atoms with van der Waals surface area (Å²) in [6.07, 6.45) is 0. The molecule has 6 aromatic rings. The van der Waals surface area contributed by atoms with Crippen LogP contribution in [0.1, 0.15) is 20.7 Å². The van der Waals surface area contributed by atoms with Gasteiger partial charge >= 0.3 is 0 Å². The molecule has 0 saturated heterocycles. The van der Waals surface area contributed by atoms with Crippen molar-refractivity contribution in [2.75, 3.05) is 23.8 Å². The molecule has 5 aromatic carbocycles. The normalized spacial score (nSPS) is 10.8. The van der Waals surface area contributed by atoms with Crippen molar-refractivity contribution in [1.29, 1.82) is 0 Å². The highest BCUT2D eigenvalue weighted by Crippen LogP contribution is 2.45. The summed E-state index contributed by atoms with van der Waals surface area (Å²) in [4.78, 5) is 53.4. The third-order valence-corrected chi connectivity index (χ3v) is 7.48. The summed E-state index contributed by atoms with van der Waals surface area (Å²) in [7, 11) is 0. The maximum Gasteiger partial charge on any atom is 0.263 e. The van der Waals surface area contributed by atoms with Crippen LogP contribution in [0, 0.1) is 0 Å². The van der Waals surface area contributed by atoms with Crippen molar-refractivity contribution in [3.63, 3.8) is 0 Å². The minimum absolute atomic E-state index is 0.0148. The predicted molar refractivity (Wildman–Crippen MR) is 185 cm³/mol. The molecule has 6 rings (SSSR count). The van der Waals surface area contributed by atoms with E-state index in [0.29, 0.717) is 22.6 Å². The molecule has 0 unspecified atom stereocenters. The van der Waals surface area contributed by atoms with Crippen LogP contribution in [0.15, 0.2) is 109 Å². The Balaban J connectivity index is 1.25. The molecule has 0 aliphatic rings. The number of benzene rings is 5. The van der Waals surface area contributed by atoms with Gasteiger partial charge in [-0.1, -0.05) is 66.7 Å². The number of hydrogen-bond acceptors (Lipinski definition) is 8. The maximum atomic E-state index is 13.1. The summed E-state index contributed by atoms with van der Waals surface area (Å²) < 4.78 is 12.0. The number of aromatic nitrogens is 1. The van der Waals surface area contributed by atoms with Gasteiger partial charge in [-0.3, -0.25) is 19.2 Å². The molecule has 1 heterocycles. The number of primary amides is 2. The van der Waals surface area contributed by atoms with E-state index in [1.54, 1.807) is 18.2 Å². The van der Waals surface area contributed by atoms with E-state index < -0.39 is 30.2 Å². The van der Waals surface area contributed by atoms with Crippen molar-refractivity contribution in [2.45, 2.75) is 0 Å². The highest BCUT2D eigenvalue weighted by atomic mass is 16.5. The highest BCUT2D eigenvalue weighted by Gasteiger charge is 2.20. The van der Waals surface area contributed by atoms with Crippen LogP contribution in [-0.2, 0) is 9.59 Å². The number of phenolic OH excluding ortho intramolecular Hbond substituents is 1. The zero-order valence-electron chi connectivity index (χ0n) is 25.8. The molecule has 49 heavy (non-hydrogen) atoms. The first-order valence-corrected chi connectivity index (χ1v) is 15.0. The van der Waals surface area contributed by atoms with Crippen LogP contribution in [0.25, 0.3) is 32.7 Å². The number of nitrogens with zero attached hydrogens (tertiary/aromatic N) is 1. The van der Waals surface area contributed by atoms with Crippen LogP contribution in [0.3, 0.4) is 0 Å². The van der Waals surface area contributed by atoms with Crippen molar-refractivity contribution in [3.8, 4) is 28.4 Å². The van der Waals surface area contributed by atoms with Crippen molar-refractivity contribution in [2.24, 2.45) is 11.5 Å². The van der Waals surface area contributed by atoms with Crippen LogP contribution in [0.4, 0.5) is 11.6 Å². The molecule has 0 spiro atoms. The van der Waals surface area contributed by atoms with Gasteiger partial charge in [0, 0.05) is 22.3 Å². The number of anilines is 2. The van der Waals surface area contributed by atoms with Crippen LogP contribution >= 0.6 is 0 Å². The first-order valence-electron chi connectivity index (χ1n) is 15.0. The van der Waals surface area contributed by atoms with Gasteiger partial charge in [0.2, 0.25) is 5.91 Å². The van der Waals surface area contributed by atoms with Gasteiger partial charge < -0.3 is 36.7 Å². The molecule has 0 aliphatic carbocycles. The first kappa shape index (κ1) is 32.0. The summed E-state index contributed by atoms with van der Waals surface area (Å²) in [6.45, 7) is -0.728. The molecule has 1 aromatic heterocycles. The topological polar surface area (TPSA) is 196 Å². The molecule has 0 fully saturated rings. The van der Waals surface area contributed by atoms with E-state index in [1.807, 2.05) is 60.7 Å². The van der Waals surface area contributed by atoms with Gasteiger partial charge in [-0.05, 0) is 64.0 Å². The summed E-state index contributed by atoms with van der Waals surface area (Å²) >= 11 is 0. The zero-order valence-corrected chi connectivity index (χ0v) is 25.8. The average Bonchev–Trinajstić information content (AvgIpc) is 3.09. The van der Waals surface area contributed by atoms with E-state index in [2.05, 4.69) is 15.6 Å². The Morgan fingerprint density at radius 1 is 0.633 bits per heavy atom. The number of phenols is 1. The SMILES string of the molecule is NC(=O)COc1ccc2ccccc2c1-c1c(OCC(=O)Nc2cccc(NC(=O)c3cc(O)cc(C(N)=O)c3)n2)ccc2ccccc12. The third-order valence-electron chi connectivity index (χ3n) is 7.48. The molecule has 0 aliphatic heterocycles. The minimum atomic E-state index is -0.806. The summed E-state index contributed by atoms with van der Waals surface area (Å²) in [5.74, 6) is -1.88. The second-order valence-corrected chi connectivity index (χ2v) is 10.9. The lowest BCUT2D eigenvalue weighted by atomic mass is 9.92. The van der Waals surface area contributed by atoms with Crippen LogP contribution in [-0.4, -0.2) is 46.9 Å². The maximum absolute atomic E-state index is 13.1. The lowest BCUT2D eigenvalue weighted by Crippen LogP contribution is -2.22. The Kier molecular flexibility index (Phi) is 9.02. The molecular formula is C37H29N5O7. The minimum Gasteiger partial charge on any atom is -0.508 e. The molecule has 7 N–H and O–H groups in total. The quantitative estimate of drug-likeness (QED) is 0.129. The van der Waals surface area contributed by atoms with Gasteiger partial charge in [0.1, 0.15) is 28.9 Å². The van der Waals surface area contributed by atoms with Crippen molar-refractivity contribution < 1.29 is 33.8 Å². The van der Waals surface area contributed by atoms with Gasteiger partial charge in [-0.25, -0.2) is 4.98 Å². The third kappa shape index (κ3) is 7.23. The lowest BCUT2D eigenvalue weighted by molar-refractivity contribution is -0.120. The van der Waals surface area contributed by atoms with E-state index in [4.69, 9.17) is 20.9 Å². The first-order chi connectivity index (χ1) is 23.7. The van der Waals surface area contributed by atoms with Crippen molar-refractivity contribution >= 4 is 56.8 Å². The number of hydrogen-bond donors (Lipinski definition) is 5. The lowest BCUT2D eigenvalue weighted by Gasteiger charge is -2.19. The monoisotopic (exact) mass is 655 g/mol. The van der Waals surface area contributed by atoms with Crippen LogP contribution in [0.2, 0.25) is 0 Å². The fraction of sp³-hybridized carbons (Fsp3) is 0.0541. The van der Waals surface area contributed by atoms with Gasteiger partial charge in [0.05, 0.1) is 0 Å². The number of rotatable bonds is 11. The van der Waals surface area contributed by atoms with Crippen LogP contribution < -0.4 is 31.6 Å². The van der Waals surface area contributed by atoms with Gasteiger partial charge in [-0.15, -0.1) is 0 Å². The average molecular weight is 656 g/mol. The number of fused-ring (bicyclic) bond motifs is 2. The molecule has 0 radical (unpaired) electrons. The van der Waals surface area contributed by atoms with E-state index in [-0.39, 0.29) is 35.1 Å². The molecule has 0 bridgehead atoms. The molecule has 244 valence electrons. The molecule has 0 atom stereocenters. The Labute approximate surface area is 279 Å². The van der Waals surface area contributed by atoms with Crippen molar-refractivity contribution in [1.82, 2.24) is 4.98 Å². The summed E-state index contributed by atoms with van der Waals surface area (Å²) in [5, 5.41) is 18.6. The predicted octanol–water partition coefficient (Wildman–Crippen LogP) is 4.99. The van der Waals surface area contributed by atoms with E-state index in [1.165, 1.54) is 24.3 Å². The standard InChI is InChI=1S/C37H29N5O7/c38-30(44)19-48-28-14-12-21-6-1-3-8-26(21)34(28)35-27-9-4-2-7-22(27)13-15-29(35)49-20-33(45)41-31-10-5-11-32(40-31)42-37(47)24-16-23(36(39)46)17-25(43)18-24/h1-18,43H,19-20H2,(H2,38,44)(H2,39,46)(H2,40,41,42,45,47). The molecule has 4 amide bonds. The zero-order chi connectivity index (χ0) is 34.5. The highest BCUT2D eigenvalue weighted by molar-refractivity contribution is 6.10. The Morgan fingerprint density at radius 2 is 1.18 bits per heavy atom. The Bertz CT molecular complexity index is 2270. The molecule has 12 nitrogen and oxygen atoms in total. The van der Waals surface area contributed by atoms with Crippen molar-refractivity contribution in [3.05, 3.63) is 120 Å². The largest absolute Gasteiger partial charge is 0.508 e. The number of amides is 4. The van der Waals surface area contributed by atoms with E-state index in [0.717, 1.165) is 27.6 Å². The Morgan fingerprint density at radius 3 is 1.78 bits per heavy atom. The number of pyridine rings is 1. The number of ether oxygens (including phenoxy) is 2. The molecule has 12 heteroatoms. The van der Waals surface area contributed by atoms with E-state index in [9.17, 15) is 24.3 Å². The number of nitrogens with one attached hydrogen (secondary N) is 2. The summed E-state index contributed by atoms with van der Waals surface area (Å²) in [6, 6.07) is 30.9. The fourth-order valence-corrected chi connectivity index (χ4v) is 5.38. The summed E-state index contributed by atoms with van der Waals surface area (Å²) in [5.41, 5.74) is 12.0. The van der Waals surface area contributed by atoms with Gasteiger partial charge in [0.25, 0.3) is 17.7 Å². The number of nitrogens with two attached hydrogens (primary N) is 2. The molecule has 0 saturated carbocycles.